The Balaban J connectivity index is 1.94. The fourth-order valence-corrected chi connectivity index (χ4v) is 4.86. The van der Waals surface area contributed by atoms with E-state index >= 15 is 0 Å². The van der Waals surface area contributed by atoms with Gasteiger partial charge in [-0.2, -0.15) is 0 Å². The summed E-state index contributed by atoms with van der Waals surface area (Å²) in [6.45, 7) is 11.0. The highest BCUT2D eigenvalue weighted by Crippen LogP contribution is 2.57. The zero-order valence-corrected chi connectivity index (χ0v) is 18.1. The molecule has 0 spiro atoms. The number of fused-ring (bicyclic) bond motifs is 2. The van der Waals surface area contributed by atoms with Crippen LogP contribution < -0.4 is 4.74 Å². The Bertz CT molecular complexity index is 798. The first-order valence-electron chi connectivity index (χ1n) is 10.6. The highest BCUT2D eigenvalue weighted by molar-refractivity contribution is 5.72. The second kappa shape index (κ2) is 8.70. The largest absolute Gasteiger partial charge is 0.465 e. The van der Waals surface area contributed by atoms with Crippen LogP contribution in [0.15, 0.2) is 35.9 Å². The van der Waals surface area contributed by atoms with Crippen molar-refractivity contribution in [2.75, 3.05) is 13.2 Å². The number of benzene rings is 1. The summed E-state index contributed by atoms with van der Waals surface area (Å²) in [7, 11) is 0. The molecular formula is C24H32O5. The number of carbonyl (C=O) groups is 2. The molecule has 0 aromatic heterocycles. The van der Waals surface area contributed by atoms with Crippen molar-refractivity contribution in [1.29, 1.82) is 0 Å². The van der Waals surface area contributed by atoms with E-state index in [0.717, 1.165) is 5.56 Å². The van der Waals surface area contributed by atoms with Crippen LogP contribution in [0.4, 0.5) is 0 Å². The molecule has 1 aliphatic heterocycles. The lowest BCUT2D eigenvalue weighted by molar-refractivity contribution is -0.182. The highest BCUT2D eigenvalue weighted by atomic mass is 16.5. The predicted molar refractivity (Wildman–Crippen MR) is 110 cm³/mol. The van der Waals surface area contributed by atoms with E-state index in [4.69, 9.17) is 14.2 Å². The van der Waals surface area contributed by atoms with Crippen LogP contribution >= 0.6 is 0 Å². The molecule has 0 radical (unpaired) electrons. The van der Waals surface area contributed by atoms with Crippen molar-refractivity contribution < 1.29 is 23.8 Å². The third kappa shape index (κ3) is 3.97. The summed E-state index contributed by atoms with van der Waals surface area (Å²) in [5, 5.41) is 0. The number of rotatable bonds is 6. The van der Waals surface area contributed by atoms with Crippen molar-refractivity contribution in [3.63, 3.8) is 0 Å². The Labute approximate surface area is 173 Å². The number of carbonyl (C=O) groups excluding carboxylic acids is 2. The molecule has 1 aromatic carbocycles. The highest BCUT2D eigenvalue weighted by Gasteiger charge is 2.54. The maximum Gasteiger partial charge on any atom is 0.310 e. The van der Waals surface area contributed by atoms with E-state index in [0.29, 0.717) is 31.8 Å². The molecule has 5 atom stereocenters. The van der Waals surface area contributed by atoms with Gasteiger partial charge in [0.2, 0.25) is 0 Å². The van der Waals surface area contributed by atoms with Gasteiger partial charge in [-0.15, -0.1) is 0 Å². The fourth-order valence-electron chi connectivity index (χ4n) is 4.86. The smallest absolute Gasteiger partial charge is 0.310 e. The van der Waals surface area contributed by atoms with Crippen molar-refractivity contribution in [3.8, 4) is 5.75 Å². The van der Waals surface area contributed by atoms with Gasteiger partial charge in [0.05, 0.1) is 19.3 Å². The second-order valence-electron chi connectivity index (χ2n) is 8.36. The number of para-hydroxylation sites is 1. The first-order valence-corrected chi connectivity index (χ1v) is 10.6. The first-order chi connectivity index (χ1) is 13.8. The van der Waals surface area contributed by atoms with Crippen LogP contribution in [-0.2, 0) is 19.1 Å². The van der Waals surface area contributed by atoms with Crippen LogP contribution in [-0.4, -0.2) is 25.2 Å². The zero-order chi connectivity index (χ0) is 21.2. The summed E-state index contributed by atoms with van der Waals surface area (Å²) in [5.74, 6) is 0.746. The van der Waals surface area contributed by atoms with Crippen molar-refractivity contribution in [3.05, 3.63) is 41.5 Å². The van der Waals surface area contributed by atoms with Gasteiger partial charge in [-0.3, -0.25) is 9.59 Å². The van der Waals surface area contributed by atoms with E-state index in [1.54, 1.807) is 6.92 Å². The van der Waals surface area contributed by atoms with E-state index in [1.807, 2.05) is 31.2 Å². The molecule has 5 heteroatoms. The van der Waals surface area contributed by atoms with Crippen LogP contribution in [0.2, 0.25) is 0 Å². The van der Waals surface area contributed by atoms with Gasteiger partial charge < -0.3 is 14.2 Å². The summed E-state index contributed by atoms with van der Waals surface area (Å²) < 4.78 is 17.6. The first kappa shape index (κ1) is 21.6. The van der Waals surface area contributed by atoms with Gasteiger partial charge in [-0.25, -0.2) is 0 Å². The van der Waals surface area contributed by atoms with Gasteiger partial charge in [0.1, 0.15) is 5.75 Å². The van der Waals surface area contributed by atoms with Crippen molar-refractivity contribution in [2.24, 2.45) is 23.2 Å². The van der Waals surface area contributed by atoms with Crippen LogP contribution in [0.25, 0.3) is 0 Å². The normalized spacial score (nSPS) is 31.0. The molecule has 1 saturated heterocycles. The van der Waals surface area contributed by atoms with Crippen LogP contribution in [0.5, 0.6) is 5.75 Å². The lowest BCUT2D eigenvalue weighted by Gasteiger charge is -2.55. The summed E-state index contributed by atoms with van der Waals surface area (Å²) in [6, 6.07) is 7.62. The van der Waals surface area contributed by atoms with E-state index in [2.05, 4.69) is 26.8 Å². The quantitative estimate of drug-likeness (QED) is 0.388. The molecule has 0 amide bonds. The van der Waals surface area contributed by atoms with Gasteiger partial charge in [0, 0.05) is 29.7 Å². The Morgan fingerprint density at radius 3 is 2.52 bits per heavy atom. The SMILES string of the molecule is CCC(=O)OC[C@]12CO[C@@H](c3ccccc3OC(=O)CC)[C@H](C(C)=C[C@@H]1C)[C@@H]2C. The standard InChI is InChI=1S/C24H32O5/c1-6-20(25)27-13-24-14-28-23(22(17(24)5)15(3)12-16(24)4)18-10-8-9-11-19(18)29-21(26)7-2/h8-12,16-17,22-23H,6-7,13-14H2,1-5H3/t16-,17-,22+,23-,24-/m0/s1. The third-order valence-corrected chi connectivity index (χ3v) is 6.78. The average Bonchev–Trinajstić information content (AvgIpc) is 2.71. The van der Waals surface area contributed by atoms with Crippen molar-refractivity contribution >= 4 is 11.9 Å². The lowest BCUT2D eigenvalue weighted by atomic mass is 9.56. The molecule has 0 N–H and O–H groups in total. The molecule has 3 rings (SSSR count). The molecule has 1 aliphatic carbocycles. The van der Waals surface area contributed by atoms with Gasteiger partial charge >= 0.3 is 11.9 Å². The Kier molecular flexibility index (Phi) is 6.47. The molecule has 1 aromatic rings. The Morgan fingerprint density at radius 1 is 1.14 bits per heavy atom. The molecule has 2 aliphatic rings. The molecule has 1 fully saturated rings. The lowest BCUT2D eigenvalue weighted by Crippen LogP contribution is -2.54. The van der Waals surface area contributed by atoms with Gasteiger partial charge in [-0.1, -0.05) is 57.5 Å². The molecule has 158 valence electrons. The monoisotopic (exact) mass is 400 g/mol. The van der Waals surface area contributed by atoms with Crippen molar-refractivity contribution in [1.82, 2.24) is 0 Å². The van der Waals surface area contributed by atoms with Gasteiger partial charge in [0.25, 0.3) is 0 Å². The molecular weight excluding hydrogens is 368 g/mol. The average molecular weight is 401 g/mol. The number of esters is 2. The molecule has 0 saturated carbocycles. The van der Waals surface area contributed by atoms with Crippen molar-refractivity contribution in [2.45, 2.75) is 53.6 Å². The van der Waals surface area contributed by atoms with Crippen LogP contribution in [0.1, 0.15) is 59.1 Å². The summed E-state index contributed by atoms with van der Waals surface area (Å²) in [6.07, 6.45) is 2.78. The Hall–Kier alpha value is -2.14. The van der Waals surface area contributed by atoms with E-state index in [1.165, 1.54) is 5.57 Å². The number of ether oxygens (including phenoxy) is 3. The maximum atomic E-state index is 11.9. The topological polar surface area (TPSA) is 61.8 Å². The van der Waals surface area contributed by atoms with Gasteiger partial charge in [0.15, 0.2) is 0 Å². The number of hydrogen-bond acceptors (Lipinski definition) is 5. The maximum absolute atomic E-state index is 11.9. The van der Waals surface area contributed by atoms with E-state index in [9.17, 15) is 9.59 Å². The predicted octanol–water partition coefficient (Wildman–Crippen LogP) is 4.86. The molecule has 0 unspecified atom stereocenters. The summed E-state index contributed by atoms with van der Waals surface area (Å²) >= 11 is 0. The third-order valence-electron chi connectivity index (χ3n) is 6.78. The summed E-state index contributed by atoms with van der Waals surface area (Å²) in [5.41, 5.74) is 1.91. The fraction of sp³-hybridized carbons (Fsp3) is 0.583. The van der Waals surface area contributed by atoms with Gasteiger partial charge in [-0.05, 0) is 24.8 Å². The van der Waals surface area contributed by atoms with Crippen LogP contribution in [0, 0.1) is 23.2 Å². The van der Waals surface area contributed by atoms with E-state index in [-0.39, 0.29) is 41.2 Å². The minimum absolute atomic E-state index is 0.127. The summed E-state index contributed by atoms with van der Waals surface area (Å²) in [4.78, 5) is 23.7. The molecule has 2 bridgehead atoms. The van der Waals surface area contributed by atoms with Crippen LogP contribution in [0.3, 0.4) is 0 Å². The molecule has 29 heavy (non-hydrogen) atoms. The minimum atomic E-state index is -0.258. The number of allylic oxidation sites excluding steroid dienone is 1. The van der Waals surface area contributed by atoms with E-state index < -0.39 is 0 Å². The number of hydrogen-bond donors (Lipinski definition) is 0. The minimum Gasteiger partial charge on any atom is -0.465 e. The second-order valence-corrected chi connectivity index (χ2v) is 8.36. The molecule has 5 nitrogen and oxygen atoms in total. The zero-order valence-electron chi connectivity index (χ0n) is 18.1. The molecule has 1 heterocycles. The Morgan fingerprint density at radius 2 is 1.83 bits per heavy atom.